The zero-order chi connectivity index (χ0) is 26.1. The van der Waals surface area contributed by atoms with Crippen LogP contribution in [0.25, 0.3) is 0 Å². The smallest absolute Gasteiger partial charge is 0.248 e. The number of nitrogens with one attached hydrogen (secondary N) is 1. The number of carbonyl (C=O) groups excluding carboxylic acids is 3. The molecule has 2 aliphatic rings. The van der Waals surface area contributed by atoms with Gasteiger partial charge in [0.1, 0.15) is 29.2 Å². The van der Waals surface area contributed by atoms with Gasteiger partial charge in [0.25, 0.3) is 0 Å². The first-order chi connectivity index (χ1) is 17.1. The minimum atomic E-state index is -1.81. The van der Waals surface area contributed by atoms with Crippen molar-refractivity contribution < 1.29 is 18.6 Å². The molecule has 36 heavy (non-hydrogen) atoms. The molecule has 9 nitrogen and oxygen atoms in total. The number of nitrogens with zero attached hydrogens (tertiary/aromatic N) is 4. The number of rotatable bonds is 6. The Morgan fingerprint density at radius 1 is 1.19 bits per heavy atom. The predicted octanol–water partition coefficient (Wildman–Crippen LogP) is 2.25. The Morgan fingerprint density at radius 3 is 2.56 bits per heavy atom. The van der Waals surface area contributed by atoms with Gasteiger partial charge in [0.15, 0.2) is 0 Å². The summed E-state index contributed by atoms with van der Waals surface area (Å²) < 4.78 is 15.5. The van der Waals surface area contributed by atoms with Crippen LogP contribution in [0.5, 0.6) is 0 Å². The molecule has 0 bridgehead atoms. The molecule has 0 aliphatic carbocycles. The highest BCUT2D eigenvalue weighted by molar-refractivity contribution is 7.82. The van der Waals surface area contributed by atoms with Crippen LogP contribution in [0, 0.1) is 0 Å². The Labute approximate surface area is 222 Å². The number of hydrogen-bond acceptors (Lipinski definition) is 5. The van der Waals surface area contributed by atoms with Crippen LogP contribution in [0.4, 0.5) is 0 Å². The Morgan fingerprint density at radius 2 is 1.94 bits per heavy atom. The lowest BCUT2D eigenvalue weighted by Crippen LogP contribution is -2.76. The van der Waals surface area contributed by atoms with Crippen LogP contribution in [-0.2, 0) is 31.8 Å². The number of halogens is 2. The van der Waals surface area contributed by atoms with E-state index in [1.165, 1.54) is 17.9 Å². The number of carbonyl (C=O) groups is 3. The Balaban J connectivity index is 1.79. The zero-order valence-electron chi connectivity index (χ0n) is 20.1. The summed E-state index contributed by atoms with van der Waals surface area (Å²) in [5, 5.41) is 3.28. The molecule has 2 saturated heterocycles. The molecule has 1 aromatic carbocycles. The lowest BCUT2D eigenvalue weighted by atomic mass is 9.97. The number of pyridine rings is 1. The van der Waals surface area contributed by atoms with E-state index in [1.807, 2.05) is 19.9 Å². The van der Waals surface area contributed by atoms with Crippen molar-refractivity contribution in [3.63, 3.8) is 0 Å². The van der Waals surface area contributed by atoms with Gasteiger partial charge in [-0.3, -0.25) is 19.4 Å². The maximum Gasteiger partial charge on any atom is 0.248 e. The van der Waals surface area contributed by atoms with Crippen molar-refractivity contribution in [2.45, 2.75) is 56.4 Å². The highest BCUT2D eigenvalue weighted by Crippen LogP contribution is 2.33. The molecule has 4 rings (SSSR count). The van der Waals surface area contributed by atoms with Crippen molar-refractivity contribution in [1.29, 1.82) is 0 Å². The molecule has 12 heteroatoms. The molecule has 2 aromatic rings. The molecule has 0 saturated carbocycles. The molecule has 3 heterocycles. The molecule has 192 valence electrons. The second-order valence-electron chi connectivity index (χ2n) is 9.07. The minimum absolute atomic E-state index is 0.00904. The Kier molecular flexibility index (Phi) is 7.99. The first-order valence-electron chi connectivity index (χ1n) is 11.5. The molecule has 1 N–H and O–H groups in total. The highest BCUT2D eigenvalue weighted by Gasteiger charge is 2.52. The van der Waals surface area contributed by atoms with Crippen molar-refractivity contribution in [3.8, 4) is 0 Å². The third-order valence-electron chi connectivity index (χ3n) is 6.28. The zero-order valence-corrected chi connectivity index (χ0v) is 22.4. The van der Waals surface area contributed by atoms with Crippen molar-refractivity contribution >= 4 is 51.9 Å². The third-order valence-corrected chi connectivity index (χ3v) is 8.49. The van der Waals surface area contributed by atoms with Crippen molar-refractivity contribution in [1.82, 2.24) is 24.4 Å². The summed E-state index contributed by atoms with van der Waals surface area (Å²) in [7, 11) is -1.81. The first kappa shape index (κ1) is 26.5. The SMILES string of the molecule is CC(=O)NC1CN(S(=O)c2ccc(Cl)cc2Cl)C2CN(C(C)C)C(=O)C(Cc3cccnc3)N2C1=O. The second-order valence-corrected chi connectivity index (χ2v) is 11.3. The largest absolute Gasteiger partial charge is 0.343 e. The van der Waals surface area contributed by atoms with E-state index >= 15 is 0 Å². The number of piperazine rings is 1. The van der Waals surface area contributed by atoms with Gasteiger partial charge in [0.2, 0.25) is 17.7 Å². The van der Waals surface area contributed by atoms with E-state index in [0.29, 0.717) is 9.92 Å². The fourth-order valence-electron chi connectivity index (χ4n) is 4.63. The molecule has 2 aliphatic heterocycles. The Hall–Kier alpha value is -2.53. The van der Waals surface area contributed by atoms with Crippen molar-refractivity contribution in [2.75, 3.05) is 13.1 Å². The first-order valence-corrected chi connectivity index (χ1v) is 13.4. The number of benzene rings is 1. The minimum Gasteiger partial charge on any atom is -0.343 e. The standard InChI is InChI=1S/C24H27Cl2N5O4S/c1-14(2)29-13-22-30(36(35)21-7-6-17(25)10-18(21)26)12-19(28-15(3)32)23(33)31(22)20(24(29)34)9-16-5-4-8-27-11-16/h4-8,10-11,14,19-20,22H,9,12-13H2,1-3H3,(H,28,32). The topological polar surface area (TPSA) is 103 Å². The van der Waals surface area contributed by atoms with Gasteiger partial charge in [-0.1, -0.05) is 29.3 Å². The summed E-state index contributed by atoms with van der Waals surface area (Å²) >= 11 is 12.4. The molecule has 3 amide bonds. The van der Waals surface area contributed by atoms with Crippen LogP contribution >= 0.6 is 23.2 Å². The van der Waals surface area contributed by atoms with Gasteiger partial charge in [-0.15, -0.1) is 0 Å². The van der Waals surface area contributed by atoms with Gasteiger partial charge < -0.3 is 15.1 Å². The second kappa shape index (κ2) is 10.8. The van der Waals surface area contributed by atoms with E-state index in [4.69, 9.17) is 23.2 Å². The van der Waals surface area contributed by atoms with Crippen LogP contribution in [0.15, 0.2) is 47.6 Å². The van der Waals surface area contributed by atoms with Gasteiger partial charge in [-0.2, -0.15) is 4.31 Å². The van der Waals surface area contributed by atoms with E-state index in [2.05, 4.69) is 10.3 Å². The van der Waals surface area contributed by atoms with E-state index in [0.717, 1.165) is 5.56 Å². The lowest BCUT2D eigenvalue weighted by molar-refractivity contribution is -0.168. The molecular formula is C24H27Cl2N5O4S. The van der Waals surface area contributed by atoms with Crippen LogP contribution < -0.4 is 5.32 Å². The van der Waals surface area contributed by atoms with Gasteiger partial charge in [0, 0.05) is 43.3 Å². The predicted molar refractivity (Wildman–Crippen MR) is 136 cm³/mol. The quantitative estimate of drug-likeness (QED) is 0.593. The van der Waals surface area contributed by atoms with Gasteiger partial charge in [0.05, 0.1) is 16.5 Å². The number of fused-ring (bicyclic) bond motifs is 1. The third kappa shape index (κ3) is 5.27. The summed E-state index contributed by atoms with van der Waals surface area (Å²) in [5.41, 5.74) is 0.781. The molecule has 0 spiro atoms. The van der Waals surface area contributed by atoms with Crippen LogP contribution in [0.2, 0.25) is 10.0 Å². The van der Waals surface area contributed by atoms with Gasteiger partial charge in [-0.25, -0.2) is 4.21 Å². The summed E-state index contributed by atoms with van der Waals surface area (Å²) in [6.07, 6.45) is 2.82. The van der Waals surface area contributed by atoms with Crippen molar-refractivity contribution in [3.05, 3.63) is 58.3 Å². The molecule has 1 aromatic heterocycles. The fraction of sp³-hybridized carbons (Fsp3) is 0.417. The van der Waals surface area contributed by atoms with E-state index < -0.39 is 41.0 Å². The average molecular weight is 552 g/mol. The molecule has 4 atom stereocenters. The lowest BCUT2D eigenvalue weighted by Gasteiger charge is -2.54. The normalized spacial score (nSPS) is 23.6. The maximum absolute atomic E-state index is 13.9. The summed E-state index contributed by atoms with van der Waals surface area (Å²) in [4.78, 5) is 46.9. The summed E-state index contributed by atoms with van der Waals surface area (Å²) in [5.74, 6) is -1.01. The van der Waals surface area contributed by atoms with Crippen LogP contribution in [0.3, 0.4) is 0 Å². The Bertz CT molecular complexity index is 1200. The van der Waals surface area contributed by atoms with E-state index in [-0.39, 0.29) is 36.5 Å². The van der Waals surface area contributed by atoms with E-state index in [1.54, 1.807) is 39.8 Å². The van der Waals surface area contributed by atoms with Gasteiger partial charge >= 0.3 is 0 Å². The fourth-order valence-corrected chi connectivity index (χ4v) is 6.57. The summed E-state index contributed by atoms with van der Waals surface area (Å²) in [6, 6.07) is 6.29. The molecule has 4 unspecified atom stereocenters. The molecular weight excluding hydrogens is 525 g/mol. The maximum atomic E-state index is 13.9. The number of aromatic nitrogens is 1. The molecule has 0 radical (unpaired) electrons. The van der Waals surface area contributed by atoms with Crippen LogP contribution in [0.1, 0.15) is 26.3 Å². The van der Waals surface area contributed by atoms with Gasteiger partial charge in [-0.05, 0) is 43.7 Å². The average Bonchev–Trinajstić information content (AvgIpc) is 2.82. The number of amides is 3. The van der Waals surface area contributed by atoms with Crippen molar-refractivity contribution in [2.24, 2.45) is 0 Å². The number of hydrogen-bond donors (Lipinski definition) is 1. The van der Waals surface area contributed by atoms with Crippen LogP contribution in [-0.4, -0.2) is 78.4 Å². The highest BCUT2D eigenvalue weighted by atomic mass is 35.5. The monoisotopic (exact) mass is 551 g/mol. The summed E-state index contributed by atoms with van der Waals surface area (Å²) in [6.45, 7) is 5.26. The molecule has 2 fully saturated rings. The van der Waals surface area contributed by atoms with E-state index in [9.17, 15) is 18.6 Å².